The third-order valence-corrected chi connectivity index (χ3v) is 7.88. The van der Waals surface area contributed by atoms with E-state index in [9.17, 15) is 13.7 Å². The van der Waals surface area contributed by atoms with E-state index in [1.54, 1.807) is 12.1 Å². The van der Waals surface area contributed by atoms with Crippen molar-refractivity contribution in [3.05, 3.63) is 59.3 Å². The topological polar surface area (TPSA) is 112 Å². The van der Waals surface area contributed by atoms with Gasteiger partial charge < -0.3 is 9.84 Å². The van der Waals surface area contributed by atoms with Gasteiger partial charge in [-0.05, 0) is 61.6 Å². The molecule has 9 heteroatoms. The van der Waals surface area contributed by atoms with Gasteiger partial charge in [-0.15, -0.1) is 11.3 Å². The largest absolute Gasteiger partial charge is 0.490 e. The van der Waals surface area contributed by atoms with Crippen molar-refractivity contribution in [3.8, 4) is 32.8 Å². The van der Waals surface area contributed by atoms with Crippen molar-refractivity contribution in [3.63, 3.8) is 0 Å². The van der Waals surface area contributed by atoms with Crippen molar-refractivity contribution in [1.82, 2.24) is 9.71 Å². The SMILES string of the molecule is CC(C)Oc1ccc(-c2ncc(-c3cccc4c3CC[C@H]4NS(=O)(=O)CCO)s2)cc1C#N. The number of ether oxygens (including phenoxy) is 1. The van der Waals surface area contributed by atoms with Gasteiger partial charge in [-0.1, -0.05) is 18.2 Å². The zero-order valence-corrected chi connectivity index (χ0v) is 20.0. The molecule has 0 bridgehead atoms. The number of nitriles is 1. The van der Waals surface area contributed by atoms with Gasteiger partial charge in [0.05, 0.1) is 28.9 Å². The van der Waals surface area contributed by atoms with Crippen molar-refractivity contribution in [2.45, 2.75) is 38.8 Å². The first-order valence-electron chi connectivity index (χ1n) is 10.7. The van der Waals surface area contributed by atoms with Gasteiger partial charge in [0.25, 0.3) is 0 Å². The number of nitrogens with one attached hydrogen (secondary N) is 1. The van der Waals surface area contributed by atoms with E-state index in [-0.39, 0.29) is 17.9 Å². The molecule has 1 heterocycles. The summed E-state index contributed by atoms with van der Waals surface area (Å²) in [5, 5.41) is 19.3. The van der Waals surface area contributed by atoms with Gasteiger partial charge in [0, 0.05) is 17.8 Å². The van der Waals surface area contributed by atoms with E-state index >= 15 is 0 Å². The van der Waals surface area contributed by atoms with Crippen LogP contribution < -0.4 is 9.46 Å². The second-order valence-corrected chi connectivity index (χ2v) is 11.0. The Balaban J connectivity index is 1.63. The summed E-state index contributed by atoms with van der Waals surface area (Å²) >= 11 is 1.53. The first kappa shape index (κ1) is 23.4. The van der Waals surface area contributed by atoms with Crippen molar-refractivity contribution >= 4 is 21.4 Å². The number of hydrogen-bond acceptors (Lipinski definition) is 7. The van der Waals surface area contributed by atoms with Gasteiger partial charge in [0.2, 0.25) is 10.0 Å². The number of thiazole rings is 1. The Hall–Kier alpha value is -2.77. The van der Waals surface area contributed by atoms with Crippen LogP contribution in [0.5, 0.6) is 5.75 Å². The molecule has 4 rings (SSSR count). The first-order valence-corrected chi connectivity index (χ1v) is 13.2. The molecule has 33 heavy (non-hydrogen) atoms. The molecule has 0 saturated carbocycles. The van der Waals surface area contributed by atoms with Crippen molar-refractivity contribution < 1.29 is 18.3 Å². The lowest BCUT2D eigenvalue weighted by Crippen LogP contribution is -2.30. The molecule has 3 aromatic rings. The number of aliphatic hydroxyl groups excluding tert-OH is 1. The number of aliphatic hydroxyl groups is 1. The second kappa shape index (κ2) is 9.61. The fraction of sp³-hybridized carbons (Fsp3) is 0.333. The average molecular weight is 484 g/mol. The van der Waals surface area contributed by atoms with Crippen molar-refractivity contribution in [2.24, 2.45) is 0 Å². The third-order valence-electron chi connectivity index (χ3n) is 5.43. The van der Waals surface area contributed by atoms with E-state index in [0.717, 1.165) is 38.6 Å². The molecule has 2 N–H and O–H groups in total. The summed E-state index contributed by atoms with van der Waals surface area (Å²) in [4.78, 5) is 5.57. The third kappa shape index (κ3) is 5.09. The van der Waals surface area contributed by atoms with Gasteiger partial charge in [-0.3, -0.25) is 0 Å². The summed E-state index contributed by atoms with van der Waals surface area (Å²) < 4.78 is 32.7. The van der Waals surface area contributed by atoms with Crippen LogP contribution in [0, 0.1) is 11.3 Å². The Bertz CT molecular complexity index is 1310. The Morgan fingerprint density at radius 2 is 2.15 bits per heavy atom. The van der Waals surface area contributed by atoms with Crippen LogP contribution in [0.3, 0.4) is 0 Å². The molecule has 172 valence electrons. The minimum Gasteiger partial charge on any atom is -0.490 e. The standard InChI is InChI=1S/C24H25N3O4S2/c1-15(2)31-22-9-6-16(12-17(22)13-25)24-26-14-23(32-24)20-5-3-4-19-18(20)7-8-21(19)27-33(29,30)11-10-28/h3-6,9,12,14-15,21,27-28H,7-8,10-11H2,1-2H3/t21-/m1/s1. The van der Waals surface area contributed by atoms with E-state index in [4.69, 9.17) is 9.84 Å². The molecule has 7 nitrogen and oxygen atoms in total. The summed E-state index contributed by atoms with van der Waals surface area (Å²) in [5.74, 6) is 0.256. The molecule has 2 aromatic carbocycles. The average Bonchev–Trinajstić information content (AvgIpc) is 3.41. The van der Waals surface area contributed by atoms with Gasteiger partial charge in [0.15, 0.2) is 0 Å². The molecular formula is C24H25N3O4S2. The van der Waals surface area contributed by atoms with E-state index in [1.807, 2.05) is 44.3 Å². The Morgan fingerprint density at radius 3 is 2.88 bits per heavy atom. The molecule has 0 saturated heterocycles. The molecule has 1 aliphatic rings. The maximum atomic E-state index is 12.1. The monoisotopic (exact) mass is 483 g/mol. The minimum absolute atomic E-state index is 0.0217. The number of aromatic nitrogens is 1. The minimum atomic E-state index is -3.53. The fourth-order valence-corrected chi connectivity index (χ4v) is 6.04. The Morgan fingerprint density at radius 1 is 1.33 bits per heavy atom. The molecule has 1 aliphatic carbocycles. The van der Waals surface area contributed by atoms with E-state index in [0.29, 0.717) is 17.7 Å². The highest BCUT2D eigenvalue weighted by atomic mass is 32.2. The lowest BCUT2D eigenvalue weighted by atomic mass is 10.0. The van der Waals surface area contributed by atoms with Crippen LogP contribution in [0.2, 0.25) is 0 Å². The molecule has 0 amide bonds. The molecule has 0 fully saturated rings. The van der Waals surface area contributed by atoms with Crippen molar-refractivity contribution in [1.29, 1.82) is 5.26 Å². The molecule has 0 radical (unpaired) electrons. The predicted octanol–water partition coefficient (Wildman–Crippen LogP) is 4.03. The zero-order chi connectivity index (χ0) is 23.6. The molecule has 1 atom stereocenters. The summed E-state index contributed by atoms with van der Waals surface area (Å²) in [6, 6.07) is 13.3. The number of fused-ring (bicyclic) bond motifs is 1. The summed E-state index contributed by atoms with van der Waals surface area (Å²) in [6.07, 6.45) is 3.23. The predicted molar refractivity (Wildman–Crippen MR) is 129 cm³/mol. The maximum Gasteiger partial charge on any atom is 0.214 e. The summed E-state index contributed by atoms with van der Waals surface area (Å²) in [6.45, 7) is 3.43. The summed E-state index contributed by atoms with van der Waals surface area (Å²) in [5.41, 5.74) is 4.44. The normalized spacial score (nSPS) is 15.4. The van der Waals surface area contributed by atoms with Gasteiger partial charge in [0.1, 0.15) is 16.8 Å². The van der Waals surface area contributed by atoms with E-state index < -0.39 is 16.6 Å². The Labute approximate surface area is 197 Å². The van der Waals surface area contributed by atoms with Crippen LogP contribution in [0.1, 0.15) is 43.0 Å². The Kier molecular flexibility index (Phi) is 6.81. The van der Waals surface area contributed by atoms with Crippen LogP contribution in [-0.2, 0) is 16.4 Å². The van der Waals surface area contributed by atoms with Gasteiger partial charge in [-0.25, -0.2) is 18.1 Å². The summed E-state index contributed by atoms with van der Waals surface area (Å²) in [7, 11) is -3.53. The van der Waals surface area contributed by atoms with E-state index in [2.05, 4.69) is 15.8 Å². The highest BCUT2D eigenvalue weighted by Crippen LogP contribution is 2.41. The molecule has 0 aliphatic heterocycles. The van der Waals surface area contributed by atoms with Crippen LogP contribution >= 0.6 is 11.3 Å². The fourth-order valence-electron chi connectivity index (χ4n) is 4.04. The first-order chi connectivity index (χ1) is 15.8. The van der Waals surface area contributed by atoms with E-state index in [1.165, 1.54) is 11.3 Å². The lowest BCUT2D eigenvalue weighted by molar-refractivity contribution is 0.242. The number of hydrogen-bond donors (Lipinski definition) is 2. The molecule has 0 unspecified atom stereocenters. The number of benzene rings is 2. The second-order valence-electron chi connectivity index (χ2n) is 8.14. The maximum absolute atomic E-state index is 12.1. The van der Waals surface area contributed by atoms with Crippen LogP contribution in [0.15, 0.2) is 42.6 Å². The molecular weight excluding hydrogens is 458 g/mol. The lowest BCUT2D eigenvalue weighted by Gasteiger charge is -2.14. The van der Waals surface area contributed by atoms with Crippen LogP contribution in [0.25, 0.3) is 21.0 Å². The van der Waals surface area contributed by atoms with Crippen LogP contribution in [-0.4, -0.2) is 37.0 Å². The smallest absolute Gasteiger partial charge is 0.214 e. The highest BCUT2D eigenvalue weighted by Gasteiger charge is 2.28. The number of nitrogens with zero attached hydrogens (tertiary/aromatic N) is 2. The molecule has 1 aromatic heterocycles. The van der Waals surface area contributed by atoms with Gasteiger partial charge >= 0.3 is 0 Å². The zero-order valence-electron chi connectivity index (χ0n) is 18.4. The number of sulfonamides is 1. The van der Waals surface area contributed by atoms with Crippen molar-refractivity contribution in [2.75, 3.05) is 12.4 Å². The highest BCUT2D eigenvalue weighted by molar-refractivity contribution is 7.89. The quantitative estimate of drug-likeness (QED) is 0.500. The number of rotatable bonds is 8. The van der Waals surface area contributed by atoms with Gasteiger partial charge in [-0.2, -0.15) is 5.26 Å². The molecule has 0 spiro atoms. The van der Waals surface area contributed by atoms with Crippen LogP contribution in [0.4, 0.5) is 0 Å².